The highest BCUT2D eigenvalue weighted by Crippen LogP contribution is 2.25. The van der Waals surface area contributed by atoms with E-state index in [9.17, 15) is 14.9 Å². The van der Waals surface area contributed by atoms with E-state index in [0.717, 1.165) is 15.6 Å². The largest absolute Gasteiger partial charge is 0.496 e. The van der Waals surface area contributed by atoms with Gasteiger partial charge in [0, 0.05) is 21.7 Å². The third-order valence-corrected chi connectivity index (χ3v) is 4.76. The fourth-order valence-corrected chi connectivity index (χ4v) is 3.17. The van der Waals surface area contributed by atoms with Gasteiger partial charge in [-0.2, -0.15) is 0 Å². The molecular weight excluding hydrogens is 450 g/mol. The lowest BCUT2D eigenvalue weighted by Crippen LogP contribution is -2.00. The first-order valence-corrected chi connectivity index (χ1v) is 9.78. The quantitative estimate of drug-likeness (QED) is 0.180. The van der Waals surface area contributed by atoms with Crippen LogP contribution < -0.4 is 9.47 Å². The number of methoxy groups -OCH3 is 1. The van der Waals surface area contributed by atoms with Crippen LogP contribution in [-0.2, 0) is 6.61 Å². The summed E-state index contributed by atoms with van der Waals surface area (Å²) in [5, 5.41) is 10.9. The zero-order valence-corrected chi connectivity index (χ0v) is 17.7. The van der Waals surface area contributed by atoms with Crippen LogP contribution in [0, 0.1) is 10.1 Å². The highest BCUT2D eigenvalue weighted by atomic mass is 79.9. The van der Waals surface area contributed by atoms with E-state index in [1.54, 1.807) is 43.5 Å². The predicted molar refractivity (Wildman–Crippen MR) is 118 cm³/mol. The van der Waals surface area contributed by atoms with Crippen LogP contribution in [0.15, 0.2) is 77.3 Å². The Labute approximate surface area is 182 Å². The van der Waals surface area contributed by atoms with Crippen molar-refractivity contribution in [3.8, 4) is 11.5 Å². The van der Waals surface area contributed by atoms with Crippen LogP contribution in [-0.4, -0.2) is 17.8 Å². The van der Waals surface area contributed by atoms with Gasteiger partial charge < -0.3 is 9.47 Å². The molecule has 0 atom stereocenters. The summed E-state index contributed by atoms with van der Waals surface area (Å²) in [6.07, 6.45) is 3.23. The molecule has 0 aliphatic rings. The SMILES string of the molecule is COc1ccc(/C=C/C(=O)c2cccc(Br)c2)cc1COc1cccc([N+](=O)[O-])c1. The molecule has 0 aliphatic carbocycles. The second kappa shape index (κ2) is 9.84. The number of hydrogen-bond acceptors (Lipinski definition) is 5. The maximum atomic E-state index is 12.4. The van der Waals surface area contributed by atoms with E-state index in [1.165, 1.54) is 18.2 Å². The van der Waals surface area contributed by atoms with Crippen molar-refractivity contribution in [1.29, 1.82) is 0 Å². The van der Waals surface area contributed by atoms with Gasteiger partial charge in [-0.05, 0) is 42.0 Å². The number of rotatable bonds is 8. The fraction of sp³-hybridized carbons (Fsp3) is 0.0870. The number of hydrogen-bond donors (Lipinski definition) is 0. The number of allylic oxidation sites excluding steroid dienone is 1. The lowest BCUT2D eigenvalue weighted by atomic mass is 10.1. The number of ketones is 1. The van der Waals surface area contributed by atoms with Gasteiger partial charge in [0.1, 0.15) is 18.1 Å². The summed E-state index contributed by atoms with van der Waals surface area (Å²) in [6.45, 7) is 0.158. The number of ether oxygens (including phenoxy) is 2. The Hall–Kier alpha value is -3.45. The van der Waals surface area contributed by atoms with E-state index < -0.39 is 4.92 Å². The molecular formula is C23H18BrNO5. The van der Waals surface area contributed by atoms with Gasteiger partial charge in [-0.25, -0.2) is 0 Å². The van der Waals surface area contributed by atoms with Crippen LogP contribution in [0.5, 0.6) is 11.5 Å². The number of carbonyl (C=O) groups is 1. The van der Waals surface area contributed by atoms with Gasteiger partial charge in [0.2, 0.25) is 0 Å². The normalized spacial score (nSPS) is 10.7. The minimum atomic E-state index is -0.471. The predicted octanol–water partition coefficient (Wildman–Crippen LogP) is 5.84. The Morgan fingerprint density at radius 3 is 2.63 bits per heavy atom. The molecule has 0 spiro atoms. The zero-order chi connectivity index (χ0) is 21.5. The number of nitro groups is 1. The van der Waals surface area contributed by atoms with Crippen molar-refractivity contribution in [1.82, 2.24) is 0 Å². The van der Waals surface area contributed by atoms with Gasteiger partial charge in [0.15, 0.2) is 5.78 Å². The molecule has 6 nitrogen and oxygen atoms in total. The molecule has 3 aromatic rings. The first kappa shape index (κ1) is 21.3. The average Bonchev–Trinajstić information content (AvgIpc) is 2.76. The van der Waals surface area contributed by atoms with Gasteiger partial charge in [-0.1, -0.05) is 46.3 Å². The molecule has 0 unspecified atom stereocenters. The van der Waals surface area contributed by atoms with E-state index >= 15 is 0 Å². The summed E-state index contributed by atoms with van der Waals surface area (Å²) in [5.41, 5.74) is 2.10. The first-order valence-electron chi connectivity index (χ1n) is 8.98. The Morgan fingerprint density at radius 2 is 1.90 bits per heavy atom. The number of benzene rings is 3. The lowest BCUT2D eigenvalue weighted by Gasteiger charge is -2.11. The molecule has 0 fully saturated rings. The molecule has 30 heavy (non-hydrogen) atoms. The molecule has 3 aromatic carbocycles. The summed E-state index contributed by atoms with van der Waals surface area (Å²) in [4.78, 5) is 22.8. The lowest BCUT2D eigenvalue weighted by molar-refractivity contribution is -0.384. The van der Waals surface area contributed by atoms with Crippen LogP contribution in [0.1, 0.15) is 21.5 Å². The molecule has 0 radical (unpaired) electrons. The minimum absolute atomic E-state index is 0.0396. The topological polar surface area (TPSA) is 78.7 Å². The molecule has 0 N–H and O–H groups in total. The van der Waals surface area contributed by atoms with Crippen molar-refractivity contribution in [2.24, 2.45) is 0 Å². The summed E-state index contributed by atoms with van der Waals surface area (Å²) >= 11 is 3.36. The number of nitrogens with zero attached hydrogens (tertiary/aromatic N) is 1. The van der Waals surface area contributed by atoms with Crippen molar-refractivity contribution in [3.05, 3.63) is 104 Å². The zero-order valence-electron chi connectivity index (χ0n) is 16.1. The van der Waals surface area contributed by atoms with Crippen molar-refractivity contribution in [2.75, 3.05) is 7.11 Å². The number of nitro benzene ring substituents is 1. The van der Waals surface area contributed by atoms with E-state index in [-0.39, 0.29) is 18.1 Å². The van der Waals surface area contributed by atoms with Crippen molar-refractivity contribution in [2.45, 2.75) is 6.61 Å². The van der Waals surface area contributed by atoms with Gasteiger partial charge in [-0.3, -0.25) is 14.9 Å². The Morgan fingerprint density at radius 1 is 1.10 bits per heavy atom. The van der Waals surface area contributed by atoms with Crippen LogP contribution in [0.3, 0.4) is 0 Å². The van der Waals surface area contributed by atoms with E-state index in [0.29, 0.717) is 17.1 Å². The molecule has 152 valence electrons. The number of non-ortho nitro benzene ring substituents is 1. The van der Waals surface area contributed by atoms with E-state index in [1.807, 2.05) is 24.3 Å². The molecule has 0 aliphatic heterocycles. The van der Waals surface area contributed by atoms with Gasteiger partial charge in [0.25, 0.3) is 5.69 Å². The monoisotopic (exact) mass is 467 g/mol. The van der Waals surface area contributed by atoms with Crippen molar-refractivity contribution >= 4 is 33.5 Å². The molecule has 7 heteroatoms. The Balaban J connectivity index is 1.75. The number of carbonyl (C=O) groups excluding carboxylic acids is 1. The van der Waals surface area contributed by atoms with E-state index in [4.69, 9.17) is 9.47 Å². The fourth-order valence-electron chi connectivity index (χ4n) is 2.77. The highest BCUT2D eigenvalue weighted by molar-refractivity contribution is 9.10. The highest BCUT2D eigenvalue weighted by Gasteiger charge is 2.09. The standard InChI is InChI=1S/C23H18BrNO5/c1-29-23-11-9-16(8-10-22(26)17-4-2-5-19(24)13-17)12-18(23)15-30-21-7-3-6-20(14-21)25(27)28/h2-14H,15H2,1H3/b10-8+. The Bertz CT molecular complexity index is 1110. The molecule has 0 heterocycles. The van der Waals surface area contributed by atoms with Crippen LogP contribution >= 0.6 is 15.9 Å². The molecule has 0 saturated heterocycles. The second-order valence-electron chi connectivity index (χ2n) is 6.32. The summed E-state index contributed by atoms with van der Waals surface area (Å²) in [5.74, 6) is 0.898. The molecule has 0 bridgehead atoms. The van der Waals surface area contributed by atoms with Crippen molar-refractivity contribution in [3.63, 3.8) is 0 Å². The molecule has 3 rings (SSSR count). The maximum absolute atomic E-state index is 12.4. The molecule has 0 aromatic heterocycles. The third-order valence-electron chi connectivity index (χ3n) is 4.26. The minimum Gasteiger partial charge on any atom is -0.496 e. The maximum Gasteiger partial charge on any atom is 0.273 e. The van der Waals surface area contributed by atoms with Gasteiger partial charge >= 0.3 is 0 Å². The van der Waals surface area contributed by atoms with Gasteiger partial charge in [0.05, 0.1) is 18.1 Å². The number of halogens is 1. The van der Waals surface area contributed by atoms with Crippen LogP contribution in [0.2, 0.25) is 0 Å². The first-order chi connectivity index (χ1) is 14.5. The molecule has 0 amide bonds. The molecule has 0 saturated carbocycles. The van der Waals surface area contributed by atoms with Crippen LogP contribution in [0.4, 0.5) is 5.69 Å². The van der Waals surface area contributed by atoms with Crippen LogP contribution in [0.25, 0.3) is 6.08 Å². The summed E-state index contributed by atoms with van der Waals surface area (Å²) in [6, 6.07) is 18.6. The van der Waals surface area contributed by atoms with Crippen molar-refractivity contribution < 1.29 is 19.2 Å². The Kier molecular flexibility index (Phi) is 6.98. The summed E-state index contributed by atoms with van der Waals surface area (Å²) < 4.78 is 11.9. The van der Waals surface area contributed by atoms with E-state index in [2.05, 4.69) is 15.9 Å². The smallest absolute Gasteiger partial charge is 0.273 e. The van der Waals surface area contributed by atoms with Gasteiger partial charge in [-0.15, -0.1) is 0 Å². The second-order valence-corrected chi connectivity index (χ2v) is 7.24. The third kappa shape index (κ3) is 5.55. The summed E-state index contributed by atoms with van der Waals surface area (Å²) in [7, 11) is 1.55. The average molecular weight is 468 g/mol.